The zero-order valence-electron chi connectivity index (χ0n) is 18.8. The third-order valence-corrected chi connectivity index (χ3v) is 4.69. The summed E-state index contributed by atoms with van der Waals surface area (Å²) in [6, 6.07) is 14.6. The topological polar surface area (TPSA) is 115 Å². The van der Waals surface area contributed by atoms with Crippen LogP contribution in [0.15, 0.2) is 53.3 Å². The van der Waals surface area contributed by atoms with Gasteiger partial charge >= 0.3 is 0 Å². The van der Waals surface area contributed by atoms with Gasteiger partial charge < -0.3 is 24.5 Å². The van der Waals surface area contributed by atoms with Gasteiger partial charge in [0, 0.05) is 18.4 Å². The first kappa shape index (κ1) is 23.8. The van der Waals surface area contributed by atoms with Crippen molar-refractivity contribution in [3.63, 3.8) is 0 Å². The Morgan fingerprint density at radius 2 is 1.85 bits per heavy atom. The lowest BCUT2D eigenvalue weighted by atomic mass is 10.2. The second-order valence-electron chi connectivity index (χ2n) is 7.17. The van der Waals surface area contributed by atoms with Crippen LogP contribution in [-0.2, 0) is 11.2 Å². The SMILES string of the molecule is CCCOc1ccc(-c2nnc(CCC(=O)NCCOc3ccccc3)c(=O)[nH]2)cc1OC. The van der Waals surface area contributed by atoms with Crippen LogP contribution in [0.1, 0.15) is 25.5 Å². The molecule has 1 amide bonds. The molecule has 3 aromatic rings. The zero-order valence-corrected chi connectivity index (χ0v) is 18.8. The van der Waals surface area contributed by atoms with Gasteiger partial charge in [0.15, 0.2) is 17.3 Å². The lowest BCUT2D eigenvalue weighted by Gasteiger charge is -2.11. The highest BCUT2D eigenvalue weighted by Crippen LogP contribution is 2.31. The van der Waals surface area contributed by atoms with E-state index in [1.54, 1.807) is 25.3 Å². The van der Waals surface area contributed by atoms with E-state index in [-0.39, 0.29) is 30.0 Å². The number of carbonyl (C=O) groups excluding carboxylic acids is 1. The quantitative estimate of drug-likeness (QED) is 0.406. The number of aromatic nitrogens is 3. The summed E-state index contributed by atoms with van der Waals surface area (Å²) in [7, 11) is 1.55. The molecule has 174 valence electrons. The number of amides is 1. The van der Waals surface area contributed by atoms with Crippen molar-refractivity contribution in [1.29, 1.82) is 0 Å². The van der Waals surface area contributed by atoms with Gasteiger partial charge in [-0.15, -0.1) is 10.2 Å². The standard InChI is InChI=1S/C24H28N4O5/c1-3-14-33-20-11-9-17(16-21(20)31-2)23-26-24(30)19(27-28-23)10-12-22(29)25-13-15-32-18-7-5-4-6-8-18/h4-9,11,16H,3,10,12-15H2,1-2H3,(H,25,29)(H,26,28,30). The van der Waals surface area contributed by atoms with Crippen LogP contribution < -0.4 is 25.1 Å². The normalized spacial score (nSPS) is 10.5. The number of hydrogen-bond acceptors (Lipinski definition) is 7. The highest BCUT2D eigenvalue weighted by molar-refractivity contribution is 5.76. The summed E-state index contributed by atoms with van der Waals surface area (Å²) in [5.74, 6) is 2.03. The van der Waals surface area contributed by atoms with Crippen molar-refractivity contribution in [3.05, 3.63) is 64.6 Å². The Morgan fingerprint density at radius 1 is 1.03 bits per heavy atom. The molecule has 2 N–H and O–H groups in total. The summed E-state index contributed by atoms with van der Waals surface area (Å²) in [6.45, 7) is 3.33. The molecule has 1 aromatic heterocycles. The van der Waals surface area contributed by atoms with Gasteiger partial charge in [0.1, 0.15) is 18.1 Å². The Morgan fingerprint density at radius 3 is 2.58 bits per heavy atom. The maximum absolute atomic E-state index is 12.4. The Hall–Kier alpha value is -3.88. The predicted molar refractivity (Wildman–Crippen MR) is 124 cm³/mol. The third-order valence-electron chi connectivity index (χ3n) is 4.69. The molecule has 0 atom stereocenters. The Balaban J connectivity index is 1.52. The molecule has 2 aromatic carbocycles. The minimum absolute atomic E-state index is 0.125. The van der Waals surface area contributed by atoms with Crippen LogP contribution in [0.25, 0.3) is 11.4 Å². The van der Waals surface area contributed by atoms with Crippen LogP contribution in [0.5, 0.6) is 17.2 Å². The highest BCUT2D eigenvalue weighted by atomic mass is 16.5. The molecule has 0 spiro atoms. The first-order chi connectivity index (χ1) is 16.1. The van der Waals surface area contributed by atoms with Crippen molar-refractivity contribution in [2.75, 3.05) is 26.9 Å². The van der Waals surface area contributed by atoms with Crippen LogP contribution >= 0.6 is 0 Å². The largest absolute Gasteiger partial charge is 0.493 e. The minimum Gasteiger partial charge on any atom is -0.493 e. The van der Waals surface area contributed by atoms with Crippen LogP contribution in [0.4, 0.5) is 0 Å². The van der Waals surface area contributed by atoms with Crippen molar-refractivity contribution < 1.29 is 19.0 Å². The van der Waals surface area contributed by atoms with E-state index in [2.05, 4.69) is 20.5 Å². The van der Waals surface area contributed by atoms with E-state index in [0.29, 0.717) is 42.6 Å². The third kappa shape index (κ3) is 7.06. The lowest BCUT2D eigenvalue weighted by molar-refractivity contribution is -0.121. The summed E-state index contributed by atoms with van der Waals surface area (Å²) >= 11 is 0. The Kier molecular flexibility index (Phi) is 8.81. The Labute approximate surface area is 192 Å². The molecule has 3 rings (SSSR count). The molecule has 0 saturated carbocycles. The first-order valence-corrected chi connectivity index (χ1v) is 10.8. The summed E-state index contributed by atoms with van der Waals surface area (Å²) < 4.78 is 16.5. The maximum atomic E-state index is 12.4. The summed E-state index contributed by atoms with van der Waals surface area (Å²) in [5.41, 5.74) is 0.456. The van der Waals surface area contributed by atoms with Crippen LogP contribution in [-0.4, -0.2) is 48.0 Å². The van der Waals surface area contributed by atoms with Gasteiger partial charge in [-0.1, -0.05) is 25.1 Å². The van der Waals surface area contributed by atoms with E-state index >= 15 is 0 Å². The Bertz CT molecular complexity index is 1100. The molecule has 0 bridgehead atoms. The van der Waals surface area contributed by atoms with Gasteiger partial charge in [0.25, 0.3) is 5.56 Å². The molecule has 9 nitrogen and oxygen atoms in total. The molecule has 0 aliphatic carbocycles. The molecule has 0 aliphatic heterocycles. The number of nitrogens with zero attached hydrogens (tertiary/aromatic N) is 2. The fourth-order valence-corrected chi connectivity index (χ4v) is 3.00. The van der Waals surface area contributed by atoms with Crippen molar-refractivity contribution in [2.45, 2.75) is 26.2 Å². The lowest BCUT2D eigenvalue weighted by Crippen LogP contribution is -2.29. The van der Waals surface area contributed by atoms with Gasteiger partial charge in [-0.3, -0.25) is 9.59 Å². The number of H-pyrrole nitrogens is 1. The van der Waals surface area contributed by atoms with E-state index in [4.69, 9.17) is 14.2 Å². The van der Waals surface area contributed by atoms with E-state index in [1.165, 1.54) is 0 Å². The monoisotopic (exact) mass is 452 g/mol. The summed E-state index contributed by atoms with van der Waals surface area (Å²) in [4.78, 5) is 27.2. The smallest absolute Gasteiger partial charge is 0.273 e. The van der Waals surface area contributed by atoms with E-state index < -0.39 is 0 Å². The molecule has 0 unspecified atom stereocenters. The molecule has 9 heteroatoms. The second-order valence-corrected chi connectivity index (χ2v) is 7.17. The average molecular weight is 453 g/mol. The number of para-hydroxylation sites is 1. The van der Waals surface area contributed by atoms with Crippen molar-refractivity contribution in [2.24, 2.45) is 0 Å². The van der Waals surface area contributed by atoms with Gasteiger partial charge in [-0.05, 0) is 36.8 Å². The average Bonchev–Trinajstić information content (AvgIpc) is 2.85. The molecule has 1 heterocycles. The predicted octanol–water partition coefficient (Wildman–Crippen LogP) is 2.76. The van der Waals surface area contributed by atoms with E-state index in [1.807, 2.05) is 37.3 Å². The van der Waals surface area contributed by atoms with E-state index in [9.17, 15) is 9.59 Å². The number of carbonyl (C=O) groups is 1. The van der Waals surface area contributed by atoms with Crippen LogP contribution in [0.3, 0.4) is 0 Å². The molecule has 0 saturated heterocycles. The zero-order chi connectivity index (χ0) is 23.5. The van der Waals surface area contributed by atoms with Crippen molar-refractivity contribution in [1.82, 2.24) is 20.5 Å². The number of aryl methyl sites for hydroxylation is 1. The van der Waals surface area contributed by atoms with E-state index in [0.717, 1.165) is 12.2 Å². The summed E-state index contributed by atoms with van der Waals surface area (Å²) in [6.07, 6.45) is 1.19. The fraction of sp³-hybridized carbons (Fsp3) is 0.333. The van der Waals surface area contributed by atoms with Gasteiger partial charge in [0.05, 0.1) is 20.3 Å². The number of benzene rings is 2. The van der Waals surface area contributed by atoms with Gasteiger partial charge in [-0.25, -0.2) is 0 Å². The summed E-state index contributed by atoms with van der Waals surface area (Å²) in [5, 5.41) is 10.9. The van der Waals surface area contributed by atoms with Gasteiger partial charge in [0.2, 0.25) is 5.91 Å². The number of hydrogen-bond donors (Lipinski definition) is 2. The van der Waals surface area contributed by atoms with Gasteiger partial charge in [-0.2, -0.15) is 0 Å². The fourth-order valence-electron chi connectivity index (χ4n) is 3.00. The molecule has 0 aliphatic rings. The number of nitrogens with one attached hydrogen (secondary N) is 2. The van der Waals surface area contributed by atoms with Crippen LogP contribution in [0.2, 0.25) is 0 Å². The maximum Gasteiger partial charge on any atom is 0.273 e. The number of rotatable bonds is 12. The number of methoxy groups -OCH3 is 1. The minimum atomic E-state index is -0.384. The second kappa shape index (κ2) is 12.2. The van der Waals surface area contributed by atoms with Crippen LogP contribution in [0, 0.1) is 0 Å². The molecule has 33 heavy (non-hydrogen) atoms. The molecular formula is C24H28N4O5. The van der Waals surface area contributed by atoms with Crippen molar-refractivity contribution in [3.8, 4) is 28.6 Å². The highest BCUT2D eigenvalue weighted by Gasteiger charge is 2.12. The number of aromatic amines is 1. The molecular weight excluding hydrogens is 424 g/mol. The van der Waals surface area contributed by atoms with Crippen molar-refractivity contribution >= 4 is 5.91 Å². The first-order valence-electron chi connectivity index (χ1n) is 10.8. The molecule has 0 radical (unpaired) electrons. The number of ether oxygens (including phenoxy) is 3. The molecule has 0 fully saturated rings.